The van der Waals surface area contributed by atoms with Crippen LogP contribution in [0.4, 0.5) is 17.6 Å². The van der Waals surface area contributed by atoms with Crippen molar-refractivity contribution in [3.05, 3.63) is 70.0 Å². The number of benzene rings is 2. The number of nitrogens with two attached hydrogens (primary N) is 1. The Kier molecular flexibility index (Phi) is 4.54. The Morgan fingerprint density at radius 1 is 1.10 bits per heavy atom. The lowest BCUT2D eigenvalue weighted by atomic mass is 9.98. The SMILES string of the molecule is NC(Cc1cccc(Cl)c1)c1ccc(F)c(C(F)(F)F)c1. The largest absolute Gasteiger partial charge is 0.419 e. The summed E-state index contributed by atoms with van der Waals surface area (Å²) >= 11 is 5.84. The standard InChI is InChI=1S/C15H12ClF4N/c16-11-3-1-2-9(6-11)7-14(21)10-4-5-13(17)12(8-10)15(18,19)20/h1-6,8,14H,7,21H2. The van der Waals surface area contributed by atoms with Crippen molar-refractivity contribution < 1.29 is 17.6 Å². The molecule has 1 nitrogen and oxygen atoms in total. The molecule has 2 rings (SSSR count). The van der Waals surface area contributed by atoms with Crippen molar-refractivity contribution in [3.8, 4) is 0 Å². The molecule has 0 amide bonds. The molecule has 2 aromatic rings. The van der Waals surface area contributed by atoms with E-state index in [0.717, 1.165) is 17.7 Å². The van der Waals surface area contributed by atoms with Crippen molar-refractivity contribution in [2.45, 2.75) is 18.6 Å². The lowest BCUT2D eigenvalue weighted by Gasteiger charge is -2.15. The van der Waals surface area contributed by atoms with Crippen LogP contribution in [0.1, 0.15) is 22.7 Å². The summed E-state index contributed by atoms with van der Waals surface area (Å²) in [6.45, 7) is 0. The second-order valence-corrected chi connectivity index (χ2v) is 5.11. The van der Waals surface area contributed by atoms with Crippen LogP contribution in [-0.2, 0) is 12.6 Å². The van der Waals surface area contributed by atoms with Crippen molar-refractivity contribution in [2.75, 3.05) is 0 Å². The number of rotatable bonds is 3. The Bertz CT molecular complexity index is 640. The van der Waals surface area contributed by atoms with Crippen molar-refractivity contribution in [1.29, 1.82) is 0 Å². The van der Waals surface area contributed by atoms with E-state index in [1.807, 2.05) is 0 Å². The molecule has 2 aromatic carbocycles. The topological polar surface area (TPSA) is 26.0 Å². The van der Waals surface area contributed by atoms with Gasteiger partial charge >= 0.3 is 6.18 Å². The Labute approximate surface area is 124 Å². The van der Waals surface area contributed by atoms with Gasteiger partial charge in [0.25, 0.3) is 0 Å². The van der Waals surface area contributed by atoms with E-state index in [-0.39, 0.29) is 5.56 Å². The molecule has 0 aromatic heterocycles. The molecule has 0 spiro atoms. The predicted octanol–water partition coefficient (Wildman–Crippen LogP) is 4.74. The fourth-order valence-electron chi connectivity index (χ4n) is 2.03. The van der Waals surface area contributed by atoms with Crippen LogP contribution in [0.5, 0.6) is 0 Å². The van der Waals surface area contributed by atoms with Crippen molar-refractivity contribution >= 4 is 11.6 Å². The first kappa shape index (κ1) is 15.8. The Morgan fingerprint density at radius 2 is 1.81 bits per heavy atom. The summed E-state index contributed by atoms with van der Waals surface area (Å²) < 4.78 is 51.3. The molecule has 0 fully saturated rings. The molecule has 2 N–H and O–H groups in total. The number of alkyl halides is 3. The fraction of sp³-hybridized carbons (Fsp3) is 0.200. The maximum Gasteiger partial charge on any atom is 0.419 e. The third kappa shape index (κ3) is 3.95. The first-order valence-corrected chi connectivity index (χ1v) is 6.52. The van der Waals surface area contributed by atoms with Gasteiger partial charge in [-0.25, -0.2) is 4.39 Å². The molecule has 0 aliphatic carbocycles. The number of halogens is 5. The van der Waals surface area contributed by atoms with E-state index in [1.165, 1.54) is 6.07 Å². The lowest BCUT2D eigenvalue weighted by molar-refractivity contribution is -0.140. The molecule has 0 saturated carbocycles. The van der Waals surface area contributed by atoms with Gasteiger partial charge in [0.05, 0.1) is 5.56 Å². The first-order chi connectivity index (χ1) is 9.77. The molecule has 21 heavy (non-hydrogen) atoms. The molecular weight excluding hydrogens is 306 g/mol. The summed E-state index contributed by atoms with van der Waals surface area (Å²) in [4.78, 5) is 0. The molecule has 0 saturated heterocycles. The average Bonchev–Trinajstić information content (AvgIpc) is 2.37. The molecule has 0 aliphatic heterocycles. The summed E-state index contributed by atoms with van der Waals surface area (Å²) in [5, 5.41) is 0.523. The smallest absolute Gasteiger partial charge is 0.324 e. The highest BCUT2D eigenvalue weighted by Gasteiger charge is 2.34. The summed E-state index contributed by atoms with van der Waals surface area (Å²) in [5.41, 5.74) is 5.63. The Morgan fingerprint density at radius 3 is 2.43 bits per heavy atom. The molecule has 0 aliphatic rings. The molecular formula is C15H12ClF4N. The molecule has 0 radical (unpaired) electrons. The maximum atomic E-state index is 13.2. The van der Waals surface area contributed by atoms with Gasteiger partial charge in [0.1, 0.15) is 5.82 Å². The van der Waals surface area contributed by atoms with Crippen molar-refractivity contribution in [2.24, 2.45) is 5.73 Å². The van der Waals surface area contributed by atoms with Gasteiger partial charge in [-0.1, -0.05) is 29.8 Å². The lowest BCUT2D eigenvalue weighted by Crippen LogP contribution is -2.16. The van der Waals surface area contributed by atoms with Gasteiger partial charge < -0.3 is 5.73 Å². The van der Waals surface area contributed by atoms with Gasteiger partial charge in [0.15, 0.2) is 0 Å². The Hall–Kier alpha value is -1.59. The van der Waals surface area contributed by atoms with E-state index in [9.17, 15) is 17.6 Å². The zero-order valence-electron chi connectivity index (χ0n) is 10.8. The zero-order valence-corrected chi connectivity index (χ0v) is 11.5. The van der Waals surface area contributed by atoms with Crippen LogP contribution in [-0.4, -0.2) is 0 Å². The second kappa shape index (κ2) is 6.03. The predicted molar refractivity (Wildman–Crippen MR) is 73.5 cm³/mol. The molecule has 1 unspecified atom stereocenters. The van der Waals surface area contributed by atoms with Crippen LogP contribution in [0.3, 0.4) is 0 Å². The summed E-state index contributed by atoms with van der Waals surface area (Å²) in [5.74, 6) is -1.30. The summed E-state index contributed by atoms with van der Waals surface area (Å²) in [6, 6.07) is 9.02. The van der Waals surface area contributed by atoms with Crippen LogP contribution >= 0.6 is 11.6 Å². The van der Waals surface area contributed by atoms with Crippen LogP contribution in [0.15, 0.2) is 42.5 Å². The molecule has 0 bridgehead atoms. The van der Waals surface area contributed by atoms with Crippen LogP contribution < -0.4 is 5.73 Å². The minimum absolute atomic E-state index is 0.226. The van der Waals surface area contributed by atoms with Gasteiger partial charge in [-0.15, -0.1) is 0 Å². The monoisotopic (exact) mass is 317 g/mol. The average molecular weight is 318 g/mol. The number of hydrogen-bond donors (Lipinski definition) is 1. The van der Waals surface area contributed by atoms with E-state index >= 15 is 0 Å². The van der Waals surface area contributed by atoms with Gasteiger partial charge in [-0.2, -0.15) is 13.2 Å². The van der Waals surface area contributed by atoms with Gasteiger partial charge in [0.2, 0.25) is 0 Å². The van der Waals surface area contributed by atoms with Gasteiger partial charge in [-0.05, 0) is 41.8 Å². The van der Waals surface area contributed by atoms with Crippen LogP contribution in [0, 0.1) is 5.82 Å². The van der Waals surface area contributed by atoms with E-state index in [0.29, 0.717) is 11.4 Å². The summed E-state index contributed by atoms with van der Waals surface area (Å²) in [7, 11) is 0. The highest BCUT2D eigenvalue weighted by atomic mass is 35.5. The van der Waals surface area contributed by atoms with Gasteiger partial charge in [0, 0.05) is 11.1 Å². The highest BCUT2D eigenvalue weighted by molar-refractivity contribution is 6.30. The molecule has 0 heterocycles. The second-order valence-electron chi connectivity index (χ2n) is 4.68. The molecule has 1 atom stereocenters. The van der Waals surface area contributed by atoms with Crippen LogP contribution in [0.25, 0.3) is 0 Å². The highest BCUT2D eigenvalue weighted by Crippen LogP contribution is 2.33. The first-order valence-electron chi connectivity index (χ1n) is 6.14. The third-order valence-corrected chi connectivity index (χ3v) is 3.30. The fourth-order valence-corrected chi connectivity index (χ4v) is 2.24. The normalized spacial score (nSPS) is 13.2. The van der Waals surface area contributed by atoms with Crippen molar-refractivity contribution in [3.63, 3.8) is 0 Å². The zero-order chi connectivity index (χ0) is 15.6. The van der Waals surface area contributed by atoms with Crippen molar-refractivity contribution in [1.82, 2.24) is 0 Å². The van der Waals surface area contributed by atoms with E-state index in [2.05, 4.69) is 0 Å². The van der Waals surface area contributed by atoms with E-state index in [4.69, 9.17) is 17.3 Å². The maximum absolute atomic E-state index is 13.2. The Balaban J connectivity index is 2.25. The third-order valence-electron chi connectivity index (χ3n) is 3.07. The van der Waals surface area contributed by atoms with Gasteiger partial charge in [-0.3, -0.25) is 0 Å². The quantitative estimate of drug-likeness (QED) is 0.813. The minimum atomic E-state index is -4.74. The summed E-state index contributed by atoms with van der Waals surface area (Å²) in [6.07, 6.45) is -4.43. The van der Waals surface area contributed by atoms with Crippen LogP contribution in [0.2, 0.25) is 5.02 Å². The number of hydrogen-bond acceptors (Lipinski definition) is 1. The minimum Gasteiger partial charge on any atom is -0.324 e. The molecule has 6 heteroatoms. The van der Waals surface area contributed by atoms with E-state index in [1.54, 1.807) is 24.3 Å². The van der Waals surface area contributed by atoms with E-state index < -0.39 is 23.6 Å². The molecule has 112 valence electrons.